The van der Waals surface area contributed by atoms with E-state index < -0.39 is 30.8 Å². The normalized spacial score (nSPS) is 9.29. The molecule has 0 saturated carbocycles. The molecule has 0 spiro atoms. The molecule has 0 atom stereocenters. The first-order valence-corrected chi connectivity index (χ1v) is 20.0. The summed E-state index contributed by atoms with van der Waals surface area (Å²) in [6.07, 6.45) is -4.79. The van der Waals surface area contributed by atoms with Crippen molar-refractivity contribution in [2.45, 2.75) is 0 Å². The molecule has 0 saturated heterocycles. The monoisotopic (exact) mass is 918 g/mol. The SMILES string of the molecule is O=C(O)O.O=C(Oc1ccccc1)Oc1ccccc1.O=C(Oc1ccccc1)Oc1ccccc1.O=C(Oc1ccccc1)Oc1ccccc1.O=C(Oc1ccccc1)Oc1ccccc1. The van der Waals surface area contributed by atoms with Gasteiger partial charge in [-0.25, -0.2) is 24.0 Å². The smallest absolute Gasteiger partial charge is 0.450 e. The Kier molecular flexibility index (Phi) is 22.6. The topological polar surface area (TPSA) is 200 Å². The molecule has 344 valence electrons. The molecule has 8 aromatic carbocycles. The van der Waals surface area contributed by atoms with E-state index >= 15 is 0 Å². The number of benzene rings is 8. The zero-order chi connectivity index (χ0) is 48.4. The highest BCUT2D eigenvalue weighted by molar-refractivity contribution is 5.68. The van der Waals surface area contributed by atoms with E-state index in [1.165, 1.54) is 0 Å². The molecule has 8 aromatic rings. The van der Waals surface area contributed by atoms with Crippen molar-refractivity contribution in [2.24, 2.45) is 0 Å². The summed E-state index contributed by atoms with van der Waals surface area (Å²) < 4.78 is 39.7. The van der Waals surface area contributed by atoms with Gasteiger partial charge in [-0.15, -0.1) is 0 Å². The molecule has 15 nitrogen and oxygen atoms in total. The Bertz CT molecular complexity index is 2100. The molecule has 68 heavy (non-hydrogen) atoms. The minimum absolute atomic E-state index is 0.462. The van der Waals surface area contributed by atoms with Crippen molar-refractivity contribution in [2.75, 3.05) is 0 Å². The minimum Gasteiger partial charge on any atom is -0.450 e. The van der Waals surface area contributed by atoms with Gasteiger partial charge >= 0.3 is 30.8 Å². The number of carbonyl (C=O) groups is 5. The van der Waals surface area contributed by atoms with Gasteiger partial charge in [0.25, 0.3) is 0 Å². The molecule has 0 aliphatic rings. The fourth-order valence-electron chi connectivity index (χ4n) is 4.76. The van der Waals surface area contributed by atoms with Crippen LogP contribution in [-0.2, 0) is 0 Å². The molecule has 0 amide bonds. The van der Waals surface area contributed by atoms with Crippen LogP contribution in [-0.4, -0.2) is 41.0 Å². The van der Waals surface area contributed by atoms with E-state index in [1.807, 2.05) is 48.5 Å². The predicted molar refractivity (Wildman–Crippen MR) is 249 cm³/mol. The number of rotatable bonds is 8. The number of hydrogen-bond acceptors (Lipinski definition) is 13. The molecule has 2 N–H and O–H groups in total. The Hall–Kier alpha value is -9.89. The van der Waals surface area contributed by atoms with Crippen molar-refractivity contribution in [3.8, 4) is 46.0 Å². The Labute approximate surface area is 390 Å². The highest BCUT2D eigenvalue weighted by Crippen LogP contribution is 2.16. The Morgan fingerprint density at radius 1 is 0.206 bits per heavy atom. The maximum atomic E-state index is 11.3. The average Bonchev–Trinajstić information content (AvgIpc) is 3.34. The molecule has 15 heteroatoms. The second-order valence-electron chi connectivity index (χ2n) is 12.6. The zero-order valence-corrected chi connectivity index (χ0v) is 35.8. The van der Waals surface area contributed by atoms with Crippen LogP contribution >= 0.6 is 0 Å². The van der Waals surface area contributed by atoms with E-state index in [4.69, 9.17) is 52.9 Å². The van der Waals surface area contributed by atoms with Gasteiger partial charge in [0, 0.05) is 0 Å². The van der Waals surface area contributed by atoms with Crippen LogP contribution in [0.3, 0.4) is 0 Å². The standard InChI is InChI=1S/4C13H10O3.CH2O3/c4*14-13(15-11-7-3-1-4-8-11)16-12-9-5-2-6-10-12;2-1(3)4/h4*1-10H;(H2,2,3,4). The molecule has 0 aliphatic carbocycles. The quantitative estimate of drug-likeness (QED) is 0.108. The van der Waals surface area contributed by atoms with Crippen LogP contribution in [0.4, 0.5) is 24.0 Å². The van der Waals surface area contributed by atoms with E-state index in [0.717, 1.165) is 0 Å². The highest BCUT2D eigenvalue weighted by Gasteiger charge is 2.09. The predicted octanol–water partition coefficient (Wildman–Crippen LogP) is 13.3. The lowest BCUT2D eigenvalue weighted by atomic mass is 10.3. The molecule has 0 heterocycles. The molecule has 0 aliphatic heterocycles. The van der Waals surface area contributed by atoms with Crippen LogP contribution in [0, 0.1) is 0 Å². The van der Waals surface area contributed by atoms with Crippen molar-refractivity contribution in [3.63, 3.8) is 0 Å². The third kappa shape index (κ3) is 23.0. The number of carbonyl (C=O) groups excluding carboxylic acids is 4. The molecule has 0 fully saturated rings. The first-order chi connectivity index (χ1) is 33.1. The van der Waals surface area contributed by atoms with E-state index in [2.05, 4.69) is 0 Å². The number of ether oxygens (including phenoxy) is 8. The summed E-state index contributed by atoms with van der Waals surface area (Å²) in [6, 6.07) is 70.3. The first kappa shape index (κ1) is 50.8. The second kappa shape index (κ2) is 30.2. The van der Waals surface area contributed by atoms with Crippen LogP contribution in [0.15, 0.2) is 243 Å². The van der Waals surface area contributed by atoms with Gasteiger partial charge in [-0.1, -0.05) is 146 Å². The lowest BCUT2D eigenvalue weighted by Crippen LogP contribution is -2.13. The number of para-hydroxylation sites is 8. The summed E-state index contributed by atoms with van der Waals surface area (Å²) >= 11 is 0. The van der Waals surface area contributed by atoms with Gasteiger partial charge in [0.2, 0.25) is 0 Å². The largest absolute Gasteiger partial charge is 0.519 e. The fraction of sp³-hybridized carbons (Fsp3) is 0. The molecule has 0 radical (unpaired) electrons. The van der Waals surface area contributed by atoms with Gasteiger partial charge < -0.3 is 48.1 Å². The third-order valence-electron chi connectivity index (χ3n) is 7.56. The molecule has 8 rings (SSSR count). The van der Waals surface area contributed by atoms with Crippen molar-refractivity contribution in [3.05, 3.63) is 243 Å². The Balaban J connectivity index is 0.000000192. The lowest BCUT2D eigenvalue weighted by Gasteiger charge is -2.04. The summed E-state index contributed by atoms with van der Waals surface area (Å²) in [6.45, 7) is 0. The number of carboxylic acid groups (broad SMARTS) is 2. The van der Waals surface area contributed by atoms with Crippen LogP contribution in [0.2, 0.25) is 0 Å². The van der Waals surface area contributed by atoms with Gasteiger partial charge in [-0.3, -0.25) is 0 Å². The third-order valence-corrected chi connectivity index (χ3v) is 7.56. The van der Waals surface area contributed by atoms with Crippen LogP contribution in [0.1, 0.15) is 0 Å². The molecular weight excluding hydrogens is 877 g/mol. The van der Waals surface area contributed by atoms with Gasteiger partial charge in [0.05, 0.1) is 0 Å². The average molecular weight is 919 g/mol. The molecule has 0 unspecified atom stereocenters. The summed E-state index contributed by atoms with van der Waals surface area (Å²) in [5.41, 5.74) is 0. The van der Waals surface area contributed by atoms with Gasteiger partial charge in [0.1, 0.15) is 46.0 Å². The first-order valence-electron chi connectivity index (χ1n) is 20.0. The van der Waals surface area contributed by atoms with Crippen molar-refractivity contribution < 1.29 is 72.1 Å². The Morgan fingerprint density at radius 3 is 0.382 bits per heavy atom. The summed E-state index contributed by atoms with van der Waals surface area (Å²) in [7, 11) is 0. The van der Waals surface area contributed by atoms with Gasteiger partial charge in [-0.05, 0) is 97.1 Å². The van der Waals surface area contributed by atoms with Crippen LogP contribution in [0.25, 0.3) is 0 Å². The molecule has 0 aromatic heterocycles. The maximum absolute atomic E-state index is 11.3. The molecule has 0 bridgehead atoms. The van der Waals surface area contributed by atoms with Crippen LogP contribution in [0.5, 0.6) is 46.0 Å². The lowest BCUT2D eigenvalue weighted by molar-refractivity contribution is 0.136. The molecular formula is C53H42O15. The van der Waals surface area contributed by atoms with E-state index in [0.29, 0.717) is 46.0 Å². The Morgan fingerprint density at radius 2 is 0.294 bits per heavy atom. The number of hydrogen-bond donors (Lipinski definition) is 2. The van der Waals surface area contributed by atoms with Crippen molar-refractivity contribution >= 4 is 30.8 Å². The van der Waals surface area contributed by atoms with Crippen molar-refractivity contribution in [1.29, 1.82) is 0 Å². The fourth-order valence-corrected chi connectivity index (χ4v) is 4.76. The van der Waals surface area contributed by atoms with E-state index in [9.17, 15) is 19.2 Å². The van der Waals surface area contributed by atoms with Crippen molar-refractivity contribution in [1.82, 2.24) is 0 Å². The minimum atomic E-state index is -1.83. The van der Waals surface area contributed by atoms with Crippen LogP contribution < -0.4 is 37.9 Å². The van der Waals surface area contributed by atoms with Gasteiger partial charge in [-0.2, -0.15) is 0 Å². The maximum Gasteiger partial charge on any atom is 0.519 e. The second-order valence-corrected chi connectivity index (χ2v) is 12.6. The highest BCUT2D eigenvalue weighted by atomic mass is 16.7. The van der Waals surface area contributed by atoms with E-state index in [1.54, 1.807) is 194 Å². The zero-order valence-electron chi connectivity index (χ0n) is 35.8. The van der Waals surface area contributed by atoms with E-state index in [-0.39, 0.29) is 0 Å². The van der Waals surface area contributed by atoms with Gasteiger partial charge in [0.15, 0.2) is 0 Å². The summed E-state index contributed by atoms with van der Waals surface area (Å²) in [5.74, 6) is 3.69. The summed E-state index contributed by atoms with van der Waals surface area (Å²) in [4.78, 5) is 53.9. The summed E-state index contributed by atoms with van der Waals surface area (Å²) in [5, 5.41) is 13.9.